The van der Waals surface area contributed by atoms with Crippen molar-refractivity contribution in [2.75, 3.05) is 13.8 Å². The van der Waals surface area contributed by atoms with E-state index < -0.39 is 36.1 Å². The van der Waals surface area contributed by atoms with E-state index in [-0.39, 0.29) is 30.3 Å². The lowest BCUT2D eigenvalue weighted by Crippen LogP contribution is -2.51. The molecule has 0 aliphatic carbocycles. The molecule has 1 unspecified atom stereocenters. The van der Waals surface area contributed by atoms with Crippen LogP contribution in [-0.4, -0.2) is 60.7 Å². The van der Waals surface area contributed by atoms with Gasteiger partial charge in [0.1, 0.15) is 6.29 Å². The number of benzene rings is 2. The van der Waals surface area contributed by atoms with E-state index in [0.717, 1.165) is 11.8 Å². The minimum atomic E-state index is -0.724. The minimum Gasteiger partial charge on any atom is -0.427 e. The van der Waals surface area contributed by atoms with Gasteiger partial charge in [0.15, 0.2) is 0 Å². The van der Waals surface area contributed by atoms with Crippen molar-refractivity contribution in [1.82, 2.24) is 15.5 Å². The second-order valence-electron chi connectivity index (χ2n) is 10.8. The Morgan fingerprint density at radius 2 is 1.88 bits per heavy atom. The molecule has 3 amide bonds. The third-order valence-electron chi connectivity index (χ3n) is 6.36. The van der Waals surface area contributed by atoms with Crippen molar-refractivity contribution in [3.63, 3.8) is 0 Å². The van der Waals surface area contributed by atoms with Crippen LogP contribution in [0.2, 0.25) is 0 Å². The summed E-state index contributed by atoms with van der Waals surface area (Å²) in [5.74, 6) is 2.74. The number of likely N-dealkylation sites (N-methyl/N-ethyl adjacent to an activating group) is 1. The Bertz CT molecular complexity index is 1450. The molecule has 1 heterocycles. The molecule has 11 heteroatoms. The first kappa shape index (κ1) is 31.7. The zero-order valence-electron chi connectivity index (χ0n) is 23.9. The van der Waals surface area contributed by atoms with Gasteiger partial charge in [-0.3, -0.25) is 34.2 Å². The third-order valence-corrected chi connectivity index (χ3v) is 6.36. The molecule has 11 nitrogen and oxygen atoms in total. The molecule has 1 atom stereocenters. The topological polar surface area (TPSA) is 148 Å². The van der Waals surface area contributed by atoms with Crippen LogP contribution in [0.1, 0.15) is 71.0 Å². The van der Waals surface area contributed by atoms with Crippen LogP contribution in [0.3, 0.4) is 0 Å². The number of hydrogen-bond donors (Lipinski definition) is 2. The van der Waals surface area contributed by atoms with E-state index >= 15 is 0 Å². The van der Waals surface area contributed by atoms with E-state index in [2.05, 4.69) is 22.5 Å². The summed E-state index contributed by atoms with van der Waals surface area (Å²) in [4.78, 5) is 73.5. The van der Waals surface area contributed by atoms with Gasteiger partial charge in [-0.15, -0.1) is 0 Å². The number of imide groups is 1. The number of aldehydes is 1. The summed E-state index contributed by atoms with van der Waals surface area (Å²) in [6, 6.07) is 10.8. The molecule has 220 valence electrons. The normalized spacial score (nSPS) is 14.7. The number of ether oxygens (including phenoxy) is 2. The highest BCUT2D eigenvalue weighted by atomic mass is 16.7. The summed E-state index contributed by atoms with van der Waals surface area (Å²) in [5, 5.41) is 5.02. The fraction of sp³-hybridized carbons (Fsp3) is 0.355. The maximum absolute atomic E-state index is 12.4. The molecule has 1 saturated heterocycles. The summed E-state index contributed by atoms with van der Waals surface area (Å²) < 4.78 is 9.92. The molecule has 0 saturated carbocycles. The highest BCUT2D eigenvalue weighted by Crippen LogP contribution is 2.18. The van der Waals surface area contributed by atoms with Crippen LogP contribution in [0.25, 0.3) is 0 Å². The van der Waals surface area contributed by atoms with Gasteiger partial charge in [-0.1, -0.05) is 30.2 Å². The van der Waals surface area contributed by atoms with Crippen LogP contribution in [0.5, 0.6) is 0 Å². The average molecular weight is 576 g/mol. The maximum Gasteiger partial charge on any atom is 0.341 e. The van der Waals surface area contributed by atoms with Gasteiger partial charge in [-0.2, -0.15) is 0 Å². The highest BCUT2D eigenvalue weighted by molar-refractivity contribution is 6.00. The van der Waals surface area contributed by atoms with Crippen molar-refractivity contribution < 1.29 is 38.2 Å². The van der Waals surface area contributed by atoms with Gasteiger partial charge in [-0.25, -0.2) is 4.79 Å². The van der Waals surface area contributed by atoms with Crippen LogP contribution in [0.15, 0.2) is 42.5 Å². The smallest absolute Gasteiger partial charge is 0.341 e. The van der Waals surface area contributed by atoms with Gasteiger partial charge in [0.2, 0.25) is 18.6 Å². The fourth-order valence-electron chi connectivity index (χ4n) is 4.02. The number of carbonyl (C=O) groups is 6. The first-order valence-corrected chi connectivity index (χ1v) is 13.2. The first-order valence-electron chi connectivity index (χ1n) is 13.2. The summed E-state index contributed by atoms with van der Waals surface area (Å²) in [6.45, 7) is 4.96. The standard InChI is InChI=1S/C31H33N3O8/c1-31(2,3)30(40)42-19-41-29(39)22-7-5-6-20(14-22)9-12-26(36)32-16-21-8-10-23(18-35)24(15-21)17-34(4)25-11-13-27(37)33-28(25)38/h5-8,10,14-15,18,25H,11,13,16-17,19H2,1-4H3,(H,32,36)(H,33,37,38). The zero-order valence-corrected chi connectivity index (χ0v) is 23.9. The number of nitrogens with one attached hydrogen (secondary N) is 2. The Morgan fingerprint density at radius 3 is 2.57 bits per heavy atom. The number of esters is 2. The molecule has 0 bridgehead atoms. The predicted molar refractivity (Wildman–Crippen MR) is 150 cm³/mol. The second-order valence-corrected chi connectivity index (χ2v) is 10.8. The molecular formula is C31H33N3O8. The Labute approximate surface area is 243 Å². The van der Waals surface area contributed by atoms with E-state index in [4.69, 9.17) is 9.47 Å². The van der Waals surface area contributed by atoms with E-state index in [0.29, 0.717) is 29.7 Å². The largest absolute Gasteiger partial charge is 0.427 e. The average Bonchev–Trinajstić information content (AvgIpc) is 2.94. The van der Waals surface area contributed by atoms with E-state index in [1.807, 2.05) is 0 Å². The van der Waals surface area contributed by atoms with Gasteiger partial charge in [-0.05, 0) is 63.6 Å². The lowest BCUT2D eigenvalue weighted by atomic mass is 9.98. The van der Waals surface area contributed by atoms with Gasteiger partial charge >= 0.3 is 11.9 Å². The molecule has 0 aromatic heterocycles. The Kier molecular flexibility index (Phi) is 10.7. The zero-order chi connectivity index (χ0) is 30.9. The third kappa shape index (κ3) is 9.11. The molecule has 3 rings (SSSR count). The van der Waals surface area contributed by atoms with Crippen molar-refractivity contribution in [2.24, 2.45) is 5.41 Å². The molecule has 2 aromatic carbocycles. The number of rotatable bonds is 9. The fourth-order valence-corrected chi connectivity index (χ4v) is 4.02. The maximum atomic E-state index is 12.4. The van der Waals surface area contributed by atoms with E-state index in [1.165, 1.54) is 12.1 Å². The molecule has 2 N–H and O–H groups in total. The molecule has 0 spiro atoms. The van der Waals surface area contributed by atoms with E-state index in [1.54, 1.807) is 63.1 Å². The predicted octanol–water partition coefficient (Wildman–Crippen LogP) is 2.11. The molecule has 0 radical (unpaired) electrons. The van der Waals surface area contributed by atoms with Gasteiger partial charge in [0, 0.05) is 36.6 Å². The summed E-state index contributed by atoms with van der Waals surface area (Å²) in [6.07, 6.45) is 1.37. The number of nitrogens with zero attached hydrogens (tertiary/aromatic N) is 1. The van der Waals surface area contributed by atoms with E-state index in [9.17, 15) is 28.8 Å². The molecular weight excluding hydrogens is 542 g/mol. The Morgan fingerprint density at radius 1 is 1.12 bits per heavy atom. The molecule has 2 aromatic rings. The summed E-state index contributed by atoms with van der Waals surface area (Å²) in [7, 11) is 1.75. The second kappa shape index (κ2) is 14.2. The van der Waals surface area contributed by atoms with Crippen molar-refractivity contribution in [3.8, 4) is 11.8 Å². The number of piperidine rings is 1. The van der Waals surface area contributed by atoms with Gasteiger partial charge in [0.05, 0.1) is 17.0 Å². The van der Waals surface area contributed by atoms with Crippen LogP contribution >= 0.6 is 0 Å². The number of hydrogen-bond acceptors (Lipinski definition) is 9. The van der Waals surface area contributed by atoms with Gasteiger partial charge in [0.25, 0.3) is 5.91 Å². The lowest BCUT2D eigenvalue weighted by molar-refractivity contribution is -0.161. The summed E-state index contributed by atoms with van der Waals surface area (Å²) in [5.41, 5.74) is 1.71. The highest BCUT2D eigenvalue weighted by Gasteiger charge is 2.30. The molecule has 1 fully saturated rings. The minimum absolute atomic E-state index is 0.140. The monoisotopic (exact) mass is 575 g/mol. The Balaban J connectivity index is 1.57. The van der Waals surface area contributed by atoms with Gasteiger partial charge < -0.3 is 14.8 Å². The van der Waals surface area contributed by atoms with Crippen LogP contribution < -0.4 is 10.6 Å². The van der Waals surface area contributed by atoms with Crippen molar-refractivity contribution in [1.29, 1.82) is 0 Å². The van der Waals surface area contributed by atoms with Crippen LogP contribution in [0, 0.1) is 17.3 Å². The van der Waals surface area contributed by atoms with Crippen LogP contribution in [-0.2, 0) is 41.7 Å². The first-order chi connectivity index (χ1) is 19.9. The number of amides is 3. The number of carbonyl (C=O) groups excluding carboxylic acids is 6. The Hall–Kier alpha value is -4.82. The molecule has 1 aliphatic heterocycles. The van der Waals surface area contributed by atoms with Crippen molar-refractivity contribution in [3.05, 3.63) is 70.3 Å². The SMILES string of the molecule is CN(Cc1cc(CNC(=O)C#Cc2cccc(C(=O)OCOC(=O)C(C)(C)C)c2)ccc1C=O)C1CCC(=O)NC1=O. The lowest BCUT2D eigenvalue weighted by Gasteiger charge is -2.30. The summed E-state index contributed by atoms with van der Waals surface area (Å²) >= 11 is 0. The molecule has 42 heavy (non-hydrogen) atoms. The van der Waals surface area contributed by atoms with Crippen molar-refractivity contribution >= 4 is 35.9 Å². The quantitative estimate of drug-likeness (QED) is 0.151. The van der Waals surface area contributed by atoms with Crippen LogP contribution in [0.4, 0.5) is 0 Å². The van der Waals surface area contributed by atoms with Crippen molar-refractivity contribution in [2.45, 2.75) is 52.7 Å². The molecule has 1 aliphatic rings.